The van der Waals surface area contributed by atoms with E-state index in [1.807, 2.05) is 12.4 Å². The van der Waals surface area contributed by atoms with Crippen LogP contribution in [0.15, 0.2) is 54.9 Å². The molecule has 0 amide bonds. The minimum absolute atomic E-state index is 0.0865. The maximum atomic E-state index is 4.14. The molecule has 1 unspecified atom stereocenters. The van der Waals surface area contributed by atoms with Crippen LogP contribution in [0.2, 0.25) is 19.6 Å². The number of hydrogen-bond acceptors (Lipinski definition) is 1. The van der Waals surface area contributed by atoms with Gasteiger partial charge in [0, 0.05) is 24.2 Å². The molecule has 2 heteroatoms. The monoisotopic (exact) mass is 293 g/mol. The van der Waals surface area contributed by atoms with E-state index in [-0.39, 0.29) is 5.41 Å². The molecule has 0 spiro atoms. The van der Waals surface area contributed by atoms with E-state index in [0.29, 0.717) is 0 Å². The van der Waals surface area contributed by atoms with Gasteiger partial charge < -0.3 is 0 Å². The molecular weight excluding hydrogens is 270 g/mol. The Morgan fingerprint density at radius 3 is 2.10 bits per heavy atom. The maximum absolute atomic E-state index is 4.14. The SMILES string of the molecule is CC(CC#C[Si](C)(C)C)(c1ccccc1)c1ccncc1. The highest BCUT2D eigenvalue weighted by molar-refractivity contribution is 6.83. The molecule has 0 saturated heterocycles. The molecule has 1 heterocycles. The lowest BCUT2D eigenvalue weighted by Crippen LogP contribution is -2.24. The normalized spacial score (nSPS) is 13.9. The van der Waals surface area contributed by atoms with Gasteiger partial charge in [-0.3, -0.25) is 4.98 Å². The fraction of sp³-hybridized carbons (Fsp3) is 0.316. The highest BCUT2D eigenvalue weighted by Gasteiger charge is 2.28. The average molecular weight is 293 g/mol. The standard InChI is InChI=1S/C19H23NSi/c1-19(13-8-16-21(2,3)4,17-9-6-5-7-10-17)18-11-14-20-15-12-18/h5-7,9-12,14-15H,13H2,1-4H3. The van der Waals surface area contributed by atoms with Crippen molar-refractivity contribution in [1.82, 2.24) is 4.98 Å². The Bertz CT molecular complexity index is 591. The van der Waals surface area contributed by atoms with Gasteiger partial charge in [0.15, 0.2) is 0 Å². The topological polar surface area (TPSA) is 12.9 Å². The van der Waals surface area contributed by atoms with Crippen molar-refractivity contribution in [1.29, 1.82) is 0 Å². The van der Waals surface area contributed by atoms with Crippen molar-refractivity contribution in [2.24, 2.45) is 0 Å². The lowest BCUT2D eigenvalue weighted by molar-refractivity contribution is 0.589. The summed E-state index contributed by atoms with van der Waals surface area (Å²) in [5.74, 6) is 3.45. The summed E-state index contributed by atoms with van der Waals surface area (Å²) in [7, 11) is -1.33. The Labute approximate surface area is 129 Å². The van der Waals surface area contributed by atoms with E-state index in [2.05, 4.69) is 85.5 Å². The average Bonchev–Trinajstić information content (AvgIpc) is 2.47. The van der Waals surface area contributed by atoms with Crippen molar-refractivity contribution in [3.8, 4) is 11.5 Å². The van der Waals surface area contributed by atoms with Crippen LogP contribution in [0, 0.1) is 11.5 Å². The van der Waals surface area contributed by atoms with E-state index in [0.717, 1.165) is 6.42 Å². The Morgan fingerprint density at radius 1 is 0.952 bits per heavy atom. The van der Waals surface area contributed by atoms with Crippen LogP contribution in [-0.4, -0.2) is 13.1 Å². The van der Waals surface area contributed by atoms with Crippen LogP contribution >= 0.6 is 0 Å². The highest BCUT2D eigenvalue weighted by atomic mass is 28.3. The van der Waals surface area contributed by atoms with E-state index in [4.69, 9.17) is 0 Å². The van der Waals surface area contributed by atoms with Gasteiger partial charge in [-0.15, -0.1) is 11.5 Å². The number of nitrogens with zero attached hydrogens (tertiary/aromatic N) is 1. The van der Waals surface area contributed by atoms with E-state index in [9.17, 15) is 0 Å². The Balaban J connectivity index is 2.42. The van der Waals surface area contributed by atoms with Crippen LogP contribution in [0.3, 0.4) is 0 Å². The third-order valence-corrected chi connectivity index (χ3v) is 4.56. The third-order valence-electron chi connectivity index (χ3n) is 3.63. The summed E-state index contributed by atoms with van der Waals surface area (Å²) in [6.45, 7) is 9.13. The zero-order chi connectivity index (χ0) is 15.3. The molecule has 0 aliphatic heterocycles. The maximum Gasteiger partial charge on any atom is 0.129 e. The molecule has 2 aromatic rings. The van der Waals surface area contributed by atoms with Crippen molar-refractivity contribution in [2.45, 2.75) is 38.4 Å². The molecular formula is C19H23NSi. The van der Waals surface area contributed by atoms with Crippen LogP contribution in [0.4, 0.5) is 0 Å². The summed E-state index contributed by atoms with van der Waals surface area (Å²) in [6, 6.07) is 14.8. The quantitative estimate of drug-likeness (QED) is 0.592. The van der Waals surface area contributed by atoms with Crippen LogP contribution < -0.4 is 0 Å². The minimum Gasteiger partial charge on any atom is -0.265 e. The molecule has 0 fully saturated rings. The lowest BCUT2D eigenvalue weighted by Gasteiger charge is -2.29. The smallest absolute Gasteiger partial charge is 0.129 e. The number of rotatable bonds is 3. The van der Waals surface area contributed by atoms with Gasteiger partial charge in [-0.25, -0.2) is 0 Å². The van der Waals surface area contributed by atoms with Gasteiger partial charge in [-0.2, -0.15) is 0 Å². The molecule has 0 aliphatic carbocycles. The Morgan fingerprint density at radius 2 is 1.52 bits per heavy atom. The summed E-state index contributed by atoms with van der Waals surface area (Å²) in [5, 5.41) is 0. The van der Waals surface area contributed by atoms with Crippen molar-refractivity contribution in [3.63, 3.8) is 0 Å². The summed E-state index contributed by atoms with van der Waals surface area (Å²) in [5.41, 5.74) is 5.98. The molecule has 0 bridgehead atoms. The second kappa shape index (κ2) is 6.28. The molecule has 1 nitrogen and oxygen atoms in total. The van der Waals surface area contributed by atoms with Crippen molar-refractivity contribution in [2.75, 3.05) is 0 Å². The van der Waals surface area contributed by atoms with E-state index in [1.165, 1.54) is 11.1 Å². The lowest BCUT2D eigenvalue weighted by atomic mass is 9.74. The molecule has 1 aromatic heterocycles. The van der Waals surface area contributed by atoms with Crippen LogP contribution in [-0.2, 0) is 5.41 Å². The van der Waals surface area contributed by atoms with Gasteiger partial charge >= 0.3 is 0 Å². The van der Waals surface area contributed by atoms with Gasteiger partial charge in [0.2, 0.25) is 0 Å². The molecule has 2 rings (SSSR count). The second-order valence-corrected chi connectivity index (χ2v) is 11.4. The van der Waals surface area contributed by atoms with E-state index < -0.39 is 8.07 Å². The largest absolute Gasteiger partial charge is 0.265 e. The molecule has 0 N–H and O–H groups in total. The van der Waals surface area contributed by atoms with Crippen LogP contribution in [0.1, 0.15) is 24.5 Å². The molecule has 1 aromatic carbocycles. The fourth-order valence-corrected chi connectivity index (χ4v) is 3.00. The zero-order valence-electron chi connectivity index (χ0n) is 13.4. The van der Waals surface area contributed by atoms with Crippen molar-refractivity contribution < 1.29 is 0 Å². The third kappa shape index (κ3) is 4.06. The molecule has 108 valence electrons. The Hall–Kier alpha value is -1.85. The summed E-state index contributed by atoms with van der Waals surface area (Å²) >= 11 is 0. The molecule has 21 heavy (non-hydrogen) atoms. The highest BCUT2D eigenvalue weighted by Crippen LogP contribution is 2.34. The number of aromatic nitrogens is 1. The van der Waals surface area contributed by atoms with Crippen LogP contribution in [0.25, 0.3) is 0 Å². The molecule has 0 aliphatic rings. The zero-order valence-corrected chi connectivity index (χ0v) is 14.4. The van der Waals surface area contributed by atoms with E-state index >= 15 is 0 Å². The van der Waals surface area contributed by atoms with Gasteiger partial charge in [0.25, 0.3) is 0 Å². The van der Waals surface area contributed by atoms with Crippen LogP contribution in [0.5, 0.6) is 0 Å². The first kappa shape index (κ1) is 15.5. The van der Waals surface area contributed by atoms with Crippen molar-refractivity contribution in [3.05, 3.63) is 66.0 Å². The summed E-state index contributed by atoms with van der Waals surface area (Å²) < 4.78 is 0. The summed E-state index contributed by atoms with van der Waals surface area (Å²) in [4.78, 5) is 4.14. The first-order valence-electron chi connectivity index (χ1n) is 7.38. The predicted octanol–water partition coefficient (Wildman–Crippen LogP) is 4.66. The van der Waals surface area contributed by atoms with E-state index in [1.54, 1.807) is 0 Å². The van der Waals surface area contributed by atoms with Gasteiger partial charge in [0.05, 0.1) is 0 Å². The number of hydrogen-bond donors (Lipinski definition) is 0. The first-order chi connectivity index (χ1) is 9.92. The van der Waals surface area contributed by atoms with Crippen molar-refractivity contribution >= 4 is 8.07 Å². The van der Waals surface area contributed by atoms with Gasteiger partial charge in [-0.1, -0.05) is 56.9 Å². The van der Waals surface area contributed by atoms with Gasteiger partial charge in [0.1, 0.15) is 8.07 Å². The number of benzene rings is 1. The molecule has 0 saturated carbocycles. The Kier molecular flexibility index (Phi) is 4.65. The summed E-state index contributed by atoms with van der Waals surface area (Å²) in [6.07, 6.45) is 4.57. The number of pyridine rings is 1. The molecule has 1 atom stereocenters. The molecule has 0 radical (unpaired) electrons. The van der Waals surface area contributed by atoms with Gasteiger partial charge in [-0.05, 0) is 23.3 Å². The first-order valence-corrected chi connectivity index (χ1v) is 10.9. The second-order valence-electron chi connectivity index (χ2n) is 6.66. The fourth-order valence-electron chi connectivity index (χ4n) is 2.38. The minimum atomic E-state index is -1.33. The predicted molar refractivity (Wildman–Crippen MR) is 92.9 cm³/mol.